The molecule has 1 amide bonds. The first-order valence-electron chi connectivity index (χ1n) is 5.18. The number of aromatic nitrogens is 1. The molecule has 0 radical (unpaired) electrons. The number of amides is 1. The SMILES string of the molecule is CC(C)C(O)CNc1ccc(C(N)=O)cn1. The second-order valence-corrected chi connectivity index (χ2v) is 3.99. The molecule has 0 fully saturated rings. The molecule has 1 aromatic rings. The monoisotopic (exact) mass is 223 g/mol. The van der Waals surface area contributed by atoms with Crippen LogP contribution in [0.5, 0.6) is 0 Å². The van der Waals surface area contributed by atoms with Crippen molar-refractivity contribution in [3.05, 3.63) is 23.9 Å². The maximum absolute atomic E-state index is 10.8. The van der Waals surface area contributed by atoms with Crippen LogP contribution in [-0.2, 0) is 0 Å². The van der Waals surface area contributed by atoms with E-state index in [4.69, 9.17) is 5.73 Å². The Bertz CT molecular complexity index is 349. The summed E-state index contributed by atoms with van der Waals surface area (Å²) in [6.07, 6.45) is 0.990. The Kier molecular flexibility index (Phi) is 4.25. The van der Waals surface area contributed by atoms with Gasteiger partial charge < -0.3 is 16.2 Å². The molecule has 5 nitrogen and oxygen atoms in total. The van der Waals surface area contributed by atoms with Gasteiger partial charge in [-0.3, -0.25) is 4.79 Å². The van der Waals surface area contributed by atoms with Crippen molar-refractivity contribution in [2.24, 2.45) is 11.7 Å². The van der Waals surface area contributed by atoms with Gasteiger partial charge in [-0.05, 0) is 18.1 Å². The molecule has 16 heavy (non-hydrogen) atoms. The summed E-state index contributed by atoms with van der Waals surface area (Å²) in [7, 11) is 0. The van der Waals surface area contributed by atoms with Crippen molar-refractivity contribution in [2.45, 2.75) is 20.0 Å². The summed E-state index contributed by atoms with van der Waals surface area (Å²) >= 11 is 0. The maximum Gasteiger partial charge on any atom is 0.250 e. The summed E-state index contributed by atoms with van der Waals surface area (Å²) in [4.78, 5) is 14.8. The van der Waals surface area contributed by atoms with Gasteiger partial charge in [-0.1, -0.05) is 13.8 Å². The molecule has 0 bridgehead atoms. The summed E-state index contributed by atoms with van der Waals surface area (Å²) in [5, 5.41) is 12.5. The Hall–Kier alpha value is -1.62. The zero-order valence-electron chi connectivity index (χ0n) is 9.47. The van der Waals surface area contributed by atoms with E-state index >= 15 is 0 Å². The standard InChI is InChI=1S/C11H17N3O2/c1-7(2)9(15)6-14-10-4-3-8(5-13-10)11(12)16/h3-5,7,9,15H,6H2,1-2H3,(H2,12,16)(H,13,14). The van der Waals surface area contributed by atoms with E-state index in [0.29, 0.717) is 17.9 Å². The molecule has 88 valence electrons. The van der Waals surface area contributed by atoms with E-state index in [1.807, 2.05) is 13.8 Å². The lowest BCUT2D eigenvalue weighted by atomic mass is 10.1. The van der Waals surface area contributed by atoms with Gasteiger partial charge in [0.05, 0.1) is 11.7 Å². The summed E-state index contributed by atoms with van der Waals surface area (Å²) in [6, 6.07) is 3.26. The fourth-order valence-electron chi connectivity index (χ4n) is 1.09. The maximum atomic E-state index is 10.8. The molecule has 1 aromatic heterocycles. The number of nitrogens with two attached hydrogens (primary N) is 1. The second-order valence-electron chi connectivity index (χ2n) is 3.99. The van der Waals surface area contributed by atoms with Crippen molar-refractivity contribution < 1.29 is 9.90 Å². The number of aliphatic hydroxyl groups is 1. The van der Waals surface area contributed by atoms with Gasteiger partial charge in [0.15, 0.2) is 0 Å². The molecule has 5 heteroatoms. The van der Waals surface area contributed by atoms with E-state index in [0.717, 1.165) is 0 Å². The normalized spacial score (nSPS) is 12.5. The molecule has 1 rings (SSSR count). The lowest BCUT2D eigenvalue weighted by molar-refractivity contribution is 0.1000. The third-order valence-electron chi connectivity index (χ3n) is 2.31. The smallest absolute Gasteiger partial charge is 0.250 e. The number of anilines is 1. The van der Waals surface area contributed by atoms with Crippen LogP contribution < -0.4 is 11.1 Å². The van der Waals surface area contributed by atoms with Crippen LogP contribution in [0.15, 0.2) is 18.3 Å². The highest BCUT2D eigenvalue weighted by Crippen LogP contribution is 2.06. The number of primary amides is 1. The lowest BCUT2D eigenvalue weighted by Crippen LogP contribution is -2.25. The fourth-order valence-corrected chi connectivity index (χ4v) is 1.09. The molecule has 1 unspecified atom stereocenters. The third kappa shape index (κ3) is 3.51. The van der Waals surface area contributed by atoms with Gasteiger partial charge in [0.1, 0.15) is 5.82 Å². The molecule has 0 aliphatic rings. The van der Waals surface area contributed by atoms with Crippen LogP contribution in [0.3, 0.4) is 0 Å². The number of nitrogens with zero attached hydrogens (tertiary/aromatic N) is 1. The summed E-state index contributed by atoms with van der Waals surface area (Å²) in [5.74, 6) is 0.309. The highest BCUT2D eigenvalue weighted by atomic mass is 16.3. The Morgan fingerprint density at radius 1 is 1.56 bits per heavy atom. The molecule has 0 aliphatic carbocycles. The largest absolute Gasteiger partial charge is 0.391 e. The summed E-state index contributed by atoms with van der Waals surface area (Å²) in [6.45, 7) is 4.31. The van der Waals surface area contributed by atoms with Crippen LogP contribution in [0, 0.1) is 5.92 Å². The first-order chi connectivity index (χ1) is 7.50. The van der Waals surface area contributed by atoms with Crippen molar-refractivity contribution in [3.63, 3.8) is 0 Å². The molecule has 0 saturated heterocycles. The van der Waals surface area contributed by atoms with Gasteiger partial charge in [-0.2, -0.15) is 0 Å². The number of carbonyl (C=O) groups is 1. The average molecular weight is 223 g/mol. The first kappa shape index (κ1) is 12.4. The third-order valence-corrected chi connectivity index (χ3v) is 2.31. The number of hydrogen-bond acceptors (Lipinski definition) is 4. The topological polar surface area (TPSA) is 88.2 Å². The number of hydrogen-bond donors (Lipinski definition) is 3. The van der Waals surface area contributed by atoms with Gasteiger partial charge in [-0.25, -0.2) is 4.98 Å². The fraction of sp³-hybridized carbons (Fsp3) is 0.455. The number of carbonyl (C=O) groups excluding carboxylic acids is 1. The Morgan fingerprint density at radius 2 is 2.25 bits per heavy atom. The highest BCUT2D eigenvalue weighted by Gasteiger charge is 2.08. The number of pyridine rings is 1. The molecule has 0 aromatic carbocycles. The Labute approximate surface area is 94.7 Å². The molecule has 0 aliphatic heterocycles. The minimum Gasteiger partial charge on any atom is -0.391 e. The van der Waals surface area contributed by atoms with Crippen LogP contribution in [0.2, 0.25) is 0 Å². The van der Waals surface area contributed by atoms with Crippen molar-refractivity contribution in [1.82, 2.24) is 4.98 Å². The van der Waals surface area contributed by atoms with Crippen molar-refractivity contribution in [3.8, 4) is 0 Å². The molecular weight excluding hydrogens is 206 g/mol. The molecule has 1 heterocycles. The van der Waals surface area contributed by atoms with E-state index in [-0.39, 0.29) is 5.92 Å². The number of aliphatic hydroxyl groups excluding tert-OH is 1. The quantitative estimate of drug-likeness (QED) is 0.682. The summed E-state index contributed by atoms with van der Waals surface area (Å²) < 4.78 is 0. The Balaban J connectivity index is 2.53. The van der Waals surface area contributed by atoms with Crippen LogP contribution in [0.4, 0.5) is 5.82 Å². The lowest BCUT2D eigenvalue weighted by Gasteiger charge is -2.15. The molecular formula is C11H17N3O2. The van der Waals surface area contributed by atoms with Crippen molar-refractivity contribution in [2.75, 3.05) is 11.9 Å². The molecule has 0 saturated carbocycles. The Morgan fingerprint density at radius 3 is 2.69 bits per heavy atom. The van der Waals surface area contributed by atoms with E-state index in [1.165, 1.54) is 6.20 Å². The van der Waals surface area contributed by atoms with Crippen molar-refractivity contribution >= 4 is 11.7 Å². The second kappa shape index (κ2) is 5.46. The predicted octanol–water partition coefficient (Wildman–Crippen LogP) is 0.609. The van der Waals surface area contributed by atoms with E-state index in [2.05, 4.69) is 10.3 Å². The summed E-state index contributed by atoms with van der Waals surface area (Å²) in [5.41, 5.74) is 5.46. The number of rotatable bonds is 5. The predicted molar refractivity (Wildman–Crippen MR) is 62.1 cm³/mol. The van der Waals surface area contributed by atoms with Crippen LogP contribution in [0.25, 0.3) is 0 Å². The van der Waals surface area contributed by atoms with Crippen LogP contribution >= 0.6 is 0 Å². The highest BCUT2D eigenvalue weighted by molar-refractivity contribution is 5.92. The molecule has 1 atom stereocenters. The van der Waals surface area contributed by atoms with E-state index < -0.39 is 12.0 Å². The van der Waals surface area contributed by atoms with Gasteiger partial charge in [0.25, 0.3) is 0 Å². The average Bonchev–Trinajstić information content (AvgIpc) is 2.26. The zero-order chi connectivity index (χ0) is 12.1. The molecule has 0 spiro atoms. The van der Waals surface area contributed by atoms with Gasteiger partial charge >= 0.3 is 0 Å². The minimum absolute atomic E-state index is 0.192. The van der Waals surface area contributed by atoms with Crippen LogP contribution in [-0.4, -0.2) is 28.6 Å². The van der Waals surface area contributed by atoms with E-state index in [9.17, 15) is 9.90 Å². The van der Waals surface area contributed by atoms with Gasteiger partial charge in [0.2, 0.25) is 5.91 Å². The zero-order valence-corrected chi connectivity index (χ0v) is 9.47. The minimum atomic E-state index is -0.499. The first-order valence-corrected chi connectivity index (χ1v) is 5.18. The number of nitrogens with one attached hydrogen (secondary N) is 1. The molecule has 4 N–H and O–H groups in total. The van der Waals surface area contributed by atoms with Crippen molar-refractivity contribution in [1.29, 1.82) is 0 Å². The van der Waals surface area contributed by atoms with Gasteiger partial charge in [-0.15, -0.1) is 0 Å². The van der Waals surface area contributed by atoms with Crippen LogP contribution in [0.1, 0.15) is 24.2 Å². The van der Waals surface area contributed by atoms with E-state index in [1.54, 1.807) is 12.1 Å². The van der Waals surface area contributed by atoms with Gasteiger partial charge in [0, 0.05) is 12.7 Å².